The van der Waals surface area contributed by atoms with Crippen molar-refractivity contribution >= 4 is 53.9 Å². The van der Waals surface area contributed by atoms with Crippen molar-refractivity contribution in [2.45, 2.75) is 0 Å². The van der Waals surface area contributed by atoms with Crippen LogP contribution in [0.15, 0.2) is 182 Å². The van der Waals surface area contributed by atoms with Crippen LogP contribution in [-0.2, 0) is 0 Å². The van der Waals surface area contributed by atoms with E-state index in [-0.39, 0.29) is 0 Å². The molecular weight excluding hydrogens is 601 g/mol. The monoisotopic (exact) mass is 630 g/mol. The van der Waals surface area contributed by atoms with Gasteiger partial charge in [-0.3, -0.25) is 0 Å². The molecular formula is C50H30. The molecule has 0 N–H and O–H groups in total. The van der Waals surface area contributed by atoms with Gasteiger partial charge in [0.25, 0.3) is 0 Å². The number of benzene rings is 10. The van der Waals surface area contributed by atoms with Crippen LogP contribution in [0, 0.1) is 0 Å². The Morgan fingerprint density at radius 2 is 0.660 bits per heavy atom. The zero-order chi connectivity index (χ0) is 32.8. The van der Waals surface area contributed by atoms with Crippen molar-refractivity contribution in [3.05, 3.63) is 182 Å². The van der Waals surface area contributed by atoms with Crippen LogP contribution in [-0.4, -0.2) is 0 Å². The molecule has 1 aliphatic carbocycles. The molecule has 0 amide bonds. The number of hydrogen-bond donors (Lipinski definition) is 0. The van der Waals surface area contributed by atoms with Crippen molar-refractivity contribution in [1.29, 1.82) is 0 Å². The molecule has 0 aliphatic heterocycles. The Hall–Kier alpha value is -6.50. The summed E-state index contributed by atoms with van der Waals surface area (Å²) in [7, 11) is 0. The summed E-state index contributed by atoms with van der Waals surface area (Å²) in [5.41, 5.74) is 12.8. The first-order valence-electron chi connectivity index (χ1n) is 17.4. The molecule has 0 saturated carbocycles. The van der Waals surface area contributed by atoms with Gasteiger partial charge in [-0.15, -0.1) is 0 Å². The van der Waals surface area contributed by atoms with Gasteiger partial charge in [0.2, 0.25) is 0 Å². The maximum Gasteiger partial charge on any atom is -0.00199 e. The molecule has 10 aromatic rings. The smallest absolute Gasteiger partial charge is 0.00199 e. The van der Waals surface area contributed by atoms with E-state index in [9.17, 15) is 0 Å². The van der Waals surface area contributed by atoms with Crippen molar-refractivity contribution in [1.82, 2.24) is 0 Å². The number of rotatable bonds is 3. The van der Waals surface area contributed by atoms with E-state index in [1.165, 1.54) is 109 Å². The molecule has 0 spiro atoms. The van der Waals surface area contributed by atoms with Crippen LogP contribution in [0.5, 0.6) is 0 Å². The van der Waals surface area contributed by atoms with E-state index in [0.29, 0.717) is 0 Å². The average molecular weight is 631 g/mol. The second kappa shape index (κ2) is 10.5. The fraction of sp³-hybridized carbons (Fsp3) is 0. The van der Waals surface area contributed by atoms with E-state index in [2.05, 4.69) is 182 Å². The summed E-state index contributed by atoms with van der Waals surface area (Å²) in [4.78, 5) is 0. The molecule has 0 aromatic heterocycles. The van der Waals surface area contributed by atoms with Crippen molar-refractivity contribution in [3.8, 4) is 55.6 Å². The molecule has 0 heteroatoms. The van der Waals surface area contributed by atoms with Crippen LogP contribution in [0.2, 0.25) is 0 Å². The van der Waals surface area contributed by atoms with Gasteiger partial charge in [0.1, 0.15) is 0 Å². The molecule has 0 nitrogen and oxygen atoms in total. The Kier molecular flexibility index (Phi) is 5.76. The SMILES string of the molecule is c1ccc2c(c1)-c1cccc3cc(-c4ccc(-c5ccc(-c6cc7c8ccccc8c8ccccc8c7c7ccccc67)cc5)cc4)cc-2c13. The van der Waals surface area contributed by atoms with E-state index in [0.717, 1.165) is 0 Å². The van der Waals surface area contributed by atoms with Gasteiger partial charge in [-0.25, -0.2) is 0 Å². The van der Waals surface area contributed by atoms with Gasteiger partial charge in [0.05, 0.1) is 0 Å². The van der Waals surface area contributed by atoms with Crippen LogP contribution >= 0.6 is 0 Å². The van der Waals surface area contributed by atoms with Gasteiger partial charge in [0, 0.05) is 0 Å². The lowest BCUT2D eigenvalue weighted by molar-refractivity contribution is 1.59. The molecule has 0 saturated heterocycles. The van der Waals surface area contributed by atoms with Gasteiger partial charge in [0.15, 0.2) is 0 Å². The summed E-state index contributed by atoms with van der Waals surface area (Å²) in [5, 5.41) is 13.1. The summed E-state index contributed by atoms with van der Waals surface area (Å²) >= 11 is 0. The molecule has 11 rings (SSSR count). The zero-order valence-electron chi connectivity index (χ0n) is 27.3. The lowest BCUT2D eigenvalue weighted by atomic mass is 9.87. The molecule has 1 aliphatic rings. The molecule has 10 aromatic carbocycles. The lowest BCUT2D eigenvalue weighted by Crippen LogP contribution is -1.89. The summed E-state index contributed by atoms with van der Waals surface area (Å²) in [6.45, 7) is 0. The molecule has 0 radical (unpaired) electrons. The Morgan fingerprint density at radius 3 is 1.32 bits per heavy atom. The van der Waals surface area contributed by atoms with Crippen LogP contribution < -0.4 is 0 Å². The van der Waals surface area contributed by atoms with Crippen LogP contribution in [0.3, 0.4) is 0 Å². The molecule has 0 bridgehead atoms. The largest absolute Gasteiger partial charge is 0.0616 e. The predicted molar refractivity (Wildman–Crippen MR) is 215 cm³/mol. The van der Waals surface area contributed by atoms with Gasteiger partial charge in [-0.05, 0) is 128 Å². The Labute approximate surface area is 290 Å². The maximum absolute atomic E-state index is 2.42. The Balaban J connectivity index is 0.996. The van der Waals surface area contributed by atoms with E-state index in [1.54, 1.807) is 0 Å². The highest BCUT2D eigenvalue weighted by Gasteiger charge is 2.21. The predicted octanol–water partition coefficient (Wildman–Crippen LogP) is 14.1. The minimum atomic E-state index is 1.22. The lowest BCUT2D eigenvalue weighted by Gasteiger charge is -2.16. The fourth-order valence-electron chi connectivity index (χ4n) is 8.69. The van der Waals surface area contributed by atoms with E-state index in [1.807, 2.05) is 0 Å². The Morgan fingerprint density at radius 1 is 0.200 bits per heavy atom. The first-order valence-corrected chi connectivity index (χ1v) is 17.4. The van der Waals surface area contributed by atoms with Gasteiger partial charge >= 0.3 is 0 Å². The molecule has 0 atom stereocenters. The summed E-state index contributed by atoms with van der Waals surface area (Å²) in [6.07, 6.45) is 0. The average Bonchev–Trinajstić information content (AvgIpc) is 3.52. The highest BCUT2D eigenvalue weighted by atomic mass is 14.2. The summed E-state index contributed by atoms with van der Waals surface area (Å²) < 4.78 is 0. The standard InChI is InChI=1S/C50H30/c1-3-14-40-37(11-1)38-12-5-7-17-44(38)50-45-18-8-6-16-42(45)46(30-48(40)50)34-26-24-32(25-27-34)31-20-22-33(23-21-31)36-28-35-10-9-19-43-39-13-2-4-15-41(39)47(29-36)49(35)43/h1-30H. The normalized spacial score (nSPS) is 12.0. The van der Waals surface area contributed by atoms with Crippen molar-refractivity contribution < 1.29 is 0 Å². The molecule has 50 heavy (non-hydrogen) atoms. The van der Waals surface area contributed by atoms with Crippen LogP contribution in [0.4, 0.5) is 0 Å². The maximum atomic E-state index is 2.42. The fourth-order valence-corrected chi connectivity index (χ4v) is 8.69. The van der Waals surface area contributed by atoms with E-state index in [4.69, 9.17) is 0 Å². The van der Waals surface area contributed by atoms with Crippen molar-refractivity contribution in [3.63, 3.8) is 0 Å². The van der Waals surface area contributed by atoms with Gasteiger partial charge < -0.3 is 0 Å². The highest BCUT2D eigenvalue weighted by Crippen LogP contribution is 2.49. The highest BCUT2D eigenvalue weighted by molar-refractivity contribution is 6.33. The van der Waals surface area contributed by atoms with Crippen molar-refractivity contribution in [2.24, 2.45) is 0 Å². The summed E-state index contributed by atoms with van der Waals surface area (Å²) in [6, 6.07) is 67.4. The summed E-state index contributed by atoms with van der Waals surface area (Å²) in [5.74, 6) is 0. The van der Waals surface area contributed by atoms with Crippen molar-refractivity contribution in [2.75, 3.05) is 0 Å². The molecule has 0 heterocycles. The third-order valence-corrected chi connectivity index (χ3v) is 11.0. The second-order valence-electron chi connectivity index (χ2n) is 13.6. The van der Waals surface area contributed by atoms with E-state index < -0.39 is 0 Å². The minimum absolute atomic E-state index is 1.22. The van der Waals surface area contributed by atoms with E-state index >= 15 is 0 Å². The quantitative estimate of drug-likeness (QED) is 0.170. The van der Waals surface area contributed by atoms with Crippen LogP contribution in [0.1, 0.15) is 0 Å². The third-order valence-electron chi connectivity index (χ3n) is 11.0. The third kappa shape index (κ3) is 3.94. The minimum Gasteiger partial charge on any atom is -0.0616 e. The molecule has 230 valence electrons. The molecule has 0 unspecified atom stereocenters. The Bertz CT molecular complexity index is 3000. The second-order valence-corrected chi connectivity index (χ2v) is 13.6. The van der Waals surface area contributed by atoms with Gasteiger partial charge in [-0.2, -0.15) is 0 Å². The first-order chi connectivity index (χ1) is 24.8. The number of fused-ring (bicyclic) bond motifs is 11. The molecule has 0 fully saturated rings. The zero-order valence-corrected chi connectivity index (χ0v) is 27.3. The first kappa shape index (κ1) is 27.5. The topological polar surface area (TPSA) is 0 Å². The van der Waals surface area contributed by atoms with Crippen LogP contribution in [0.25, 0.3) is 109 Å². The van der Waals surface area contributed by atoms with Gasteiger partial charge in [-0.1, -0.05) is 164 Å². The number of hydrogen-bond acceptors (Lipinski definition) is 0.